The average molecular weight is 387 g/mol. The Morgan fingerprint density at radius 3 is 2.57 bits per heavy atom. The molecule has 1 saturated carbocycles. The highest BCUT2D eigenvalue weighted by atomic mass is 16.5. The largest absolute Gasteiger partial charge is 0.476 e. The smallest absolute Gasteiger partial charge is 0.271 e. The zero-order chi connectivity index (χ0) is 20.5. The maximum atomic E-state index is 13.0. The molecule has 2 aliphatic rings. The van der Waals surface area contributed by atoms with Crippen LogP contribution in [0.3, 0.4) is 0 Å². The number of nitrogens with one attached hydrogen (secondary N) is 2. The zero-order valence-electron chi connectivity index (χ0n) is 17.0. The van der Waals surface area contributed by atoms with Crippen molar-refractivity contribution in [1.29, 1.82) is 0 Å². The average Bonchev–Trinajstić information content (AvgIpc) is 3.10. The fraction of sp³-hybridized carbons (Fsp3) is 0.571. The van der Waals surface area contributed by atoms with Gasteiger partial charge in [0, 0.05) is 17.6 Å². The lowest BCUT2D eigenvalue weighted by Crippen LogP contribution is -2.55. The molecule has 1 aliphatic heterocycles. The molecule has 0 spiro atoms. The van der Waals surface area contributed by atoms with E-state index in [1.165, 1.54) is 4.90 Å². The van der Waals surface area contributed by atoms with Crippen molar-refractivity contribution in [1.82, 2.24) is 10.6 Å². The van der Waals surface area contributed by atoms with Crippen LogP contribution in [0.4, 0.5) is 5.69 Å². The number of ether oxygens (including phenoxy) is 1. The van der Waals surface area contributed by atoms with Gasteiger partial charge in [0.05, 0.1) is 5.69 Å². The molecule has 0 saturated heterocycles. The molecule has 0 atom stereocenters. The molecule has 1 fully saturated rings. The van der Waals surface area contributed by atoms with E-state index in [1.54, 1.807) is 32.0 Å². The Balaban J connectivity index is 1.86. The SMILES string of the molecule is CC(C)NC(=O)c1ccc2c(c1)N(CC(=O)NC1CCCC1)C(=O)C(C)(C)O2. The van der Waals surface area contributed by atoms with E-state index >= 15 is 0 Å². The monoisotopic (exact) mass is 387 g/mol. The van der Waals surface area contributed by atoms with Gasteiger partial charge in [-0.05, 0) is 58.7 Å². The van der Waals surface area contributed by atoms with Crippen molar-refractivity contribution in [3.05, 3.63) is 23.8 Å². The Kier molecular flexibility index (Phi) is 5.63. The normalized spacial score (nSPS) is 18.6. The standard InChI is InChI=1S/C21H29N3O4/c1-13(2)22-19(26)14-9-10-17-16(11-14)24(20(27)21(3,4)28-17)12-18(25)23-15-7-5-6-8-15/h9-11,13,15H,5-8,12H2,1-4H3,(H,22,26)(H,23,25). The van der Waals surface area contributed by atoms with Gasteiger partial charge in [-0.25, -0.2) is 0 Å². The molecule has 152 valence electrons. The number of nitrogens with zero attached hydrogens (tertiary/aromatic N) is 1. The maximum absolute atomic E-state index is 13.0. The summed E-state index contributed by atoms with van der Waals surface area (Å²) in [6.07, 6.45) is 4.19. The highest BCUT2D eigenvalue weighted by Crippen LogP contribution is 2.38. The number of benzene rings is 1. The lowest BCUT2D eigenvalue weighted by molar-refractivity contribution is -0.134. The topological polar surface area (TPSA) is 87.7 Å². The van der Waals surface area contributed by atoms with Crippen molar-refractivity contribution in [2.24, 2.45) is 0 Å². The minimum atomic E-state index is -1.08. The summed E-state index contributed by atoms with van der Waals surface area (Å²) >= 11 is 0. The second-order valence-corrected chi connectivity index (χ2v) is 8.36. The Morgan fingerprint density at radius 2 is 1.93 bits per heavy atom. The fourth-order valence-corrected chi connectivity index (χ4v) is 3.70. The second kappa shape index (κ2) is 7.81. The molecule has 0 bridgehead atoms. The highest BCUT2D eigenvalue weighted by molar-refractivity contribution is 6.07. The van der Waals surface area contributed by atoms with Gasteiger partial charge < -0.3 is 15.4 Å². The van der Waals surface area contributed by atoms with E-state index in [-0.39, 0.29) is 36.3 Å². The molecule has 3 amide bonds. The van der Waals surface area contributed by atoms with Crippen molar-refractivity contribution in [3.8, 4) is 5.75 Å². The molecule has 3 rings (SSSR count). The van der Waals surface area contributed by atoms with E-state index in [4.69, 9.17) is 4.74 Å². The first kappa shape index (κ1) is 20.2. The van der Waals surface area contributed by atoms with E-state index in [2.05, 4.69) is 10.6 Å². The molecule has 7 nitrogen and oxygen atoms in total. The van der Waals surface area contributed by atoms with Gasteiger partial charge in [-0.3, -0.25) is 19.3 Å². The molecule has 7 heteroatoms. The van der Waals surface area contributed by atoms with Crippen molar-refractivity contribution < 1.29 is 19.1 Å². The highest BCUT2D eigenvalue weighted by Gasteiger charge is 2.42. The van der Waals surface area contributed by atoms with Crippen LogP contribution in [0.15, 0.2) is 18.2 Å². The number of carbonyl (C=O) groups is 3. The molecule has 1 heterocycles. The van der Waals surface area contributed by atoms with E-state index in [0.29, 0.717) is 17.0 Å². The van der Waals surface area contributed by atoms with Gasteiger partial charge >= 0.3 is 0 Å². The van der Waals surface area contributed by atoms with Crippen molar-refractivity contribution in [2.45, 2.75) is 71.1 Å². The van der Waals surface area contributed by atoms with Crippen LogP contribution in [0.1, 0.15) is 63.7 Å². The number of anilines is 1. The summed E-state index contributed by atoms with van der Waals surface area (Å²) in [7, 11) is 0. The van der Waals surface area contributed by atoms with E-state index < -0.39 is 5.60 Å². The summed E-state index contributed by atoms with van der Waals surface area (Å²) in [5.41, 5.74) is -0.213. The quantitative estimate of drug-likeness (QED) is 0.812. The van der Waals surface area contributed by atoms with Crippen molar-refractivity contribution >= 4 is 23.4 Å². The van der Waals surface area contributed by atoms with Gasteiger partial charge in [0.2, 0.25) is 5.91 Å². The first-order chi connectivity index (χ1) is 13.2. The Hall–Kier alpha value is -2.57. The van der Waals surface area contributed by atoms with Crippen LogP contribution in [-0.4, -0.2) is 42.0 Å². The van der Waals surface area contributed by atoms with Gasteiger partial charge in [-0.15, -0.1) is 0 Å². The van der Waals surface area contributed by atoms with Gasteiger partial charge in [0.25, 0.3) is 11.8 Å². The second-order valence-electron chi connectivity index (χ2n) is 8.36. The number of rotatable bonds is 5. The Labute approximate surface area is 165 Å². The number of carbonyl (C=O) groups excluding carboxylic acids is 3. The molecule has 0 unspecified atom stereocenters. The predicted octanol–water partition coefficient (Wildman–Crippen LogP) is 2.39. The number of fused-ring (bicyclic) bond motifs is 1. The third-order valence-electron chi connectivity index (χ3n) is 5.08. The molecular formula is C21H29N3O4. The van der Waals surface area contributed by atoms with Crippen LogP contribution in [0.5, 0.6) is 5.75 Å². The van der Waals surface area contributed by atoms with Gasteiger partial charge in [-0.2, -0.15) is 0 Å². The van der Waals surface area contributed by atoms with Crippen LogP contribution < -0.4 is 20.3 Å². The third kappa shape index (κ3) is 4.29. The van der Waals surface area contributed by atoms with Gasteiger partial charge in [0.1, 0.15) is 12.3 Å². The van der Waals surface area contributed by atoms with Crippen LogP contribution >= 0.6 is 0 Å². The van der Waals surface area contributed by atoms with Crippen LogP contribution in [0.2, 0.25) is 0 Å². The molecule has 28 heavy (non-hydrogen) atoms. The van der Waals surface area contributed by atoms with Gasteiger partial charge in [0.15, 0.2) is 5.60 Å². The summed E-state index contributed by atoms with van der Waals surface area (Å²) < 4.78 is 5.84. The van der Waals surface area contributed by atoms with E-state index in [0.717, 1.165) is 25.7 Å². The van der Waals surface area contributed by atoms with E-state index in [9.17, 15) is 14.4 Å². The van der Waals surface area contributed by atoms with E-state index in [1.807, 2.05) is 13.8 Å². The lowest BCUT2D eigenvalue weighted by Gasteiger charge is -2.38. The molecular weight excluding hydrogens is 358 g/mol. The molecule has 1 aliphatic carbocycles. The van der Waals surface area contributed by atoms with Crippen LogP contribution in [0, 0.1) is 0 Å². The number of amides is 3. The molecule has 2 N–H and O–H groups in total. The molecule has 1 aromatic rings. The Bertz CT molecular complexity index is 782. The molecule has 0 radical (unpaired) electrons. The summed E-state index contributed by atoms with van der Waals surface area (Å²) in [6, 6.07) is 5.14. The van der Waals surface area contributed by atoms with Crippen molar-refractivity contribution in [3.63, 3.8) is 0 Å². The van der Waals surface area contributed by atoms with Crippen molar-refractivity contribution in [2.75, 3.05) is 11.4 Å². The van der Waals surface area contributed by atoms with Crippen LogP contribution in [-0.2, 0) is 9.59 Å². The van der Waals surface area contributed by atoms with Gasteiger partial charge in [-0.1, -0.05) is 12.8 Å². The zero-order valence-corrected chi connectivity index (χ0v) is 17.0. The van der Waals surface area contributed by atoms with Crippen LogP contribution in [0.25, 0.3) is 0 Å². The summed E-state index contributed by atoms with van der Waals surface area (Å²) in [5, 5.41) is 5.85. The minimum absolute atomic E-state index is 0.00589. The molecule has 1 aromatic carbocycles. The maximum Gasteiger partial charge on any atom is 0.271 e. The predicted molar refractivity (Wildman–Crippen MR) is 107 cm³/mol. The fourth-order valence-electron chi connectivity index (χ4n) is 3.70. The number of hydrogen-bond acceptors (Lipinski definition) is 4. The third-order valence-corrected chi connectivity index (χ3v) is 5.08. The minimum Gasteiger partial charge on any atom is -0.476 e. The Morgan fingerprint density at radius 1 is 1.25 bits per heavy atom. The first-order valence-corrected chi connectivity index (χ1v) is 9.92. The summed E-state index contributed by atoms with van der Waals surface area (Å²) in [5.74, 6) is -0.242. The first-order valence-electron chi connectivity index (χ1n) is 9.92. The molecule has 0 aromatic heterocycles. The lowest BCUT2D eigenvalue weighted by atomic mass is 10.0. The summed E-state index contributed by atoms with van der Waals surface area (Å²) in [4.78, 5) is 39.3. The number of hydrogen-bond donors (Lipinski definition) is 2. The summed E-state index contributed by atoms with van der Waals surface area (Å²) in [6.45, 7) is 7.03.